The Hall–Kier alpha value is -1.61. The van der Waals surface area contributed by atoms with E-state index in [0.29, 0.717) is 6.54 Å². The van der Waals surface area contributed by atoms with Crippen molar-refractivity contribution in [2.24, 2.45) is 12.8 Å². The van der Waals surface area contributed by atoms with Gasteiger partial charge in [0.25, 0.3) is 0 Å². The molecule has 0 saturated carbocycles. The highest BCUT2D eigenvalue weighted by atomic mass is 15.3. The van der Waals surface area contributed by atoms with Crippen LogP contribution in [0.2, 0.25) is 0 Å². The van der Waals surface area contributed by atoms with Crippen LogP contribution in [0.5, 0.6) is 0 Å². The van der Waals surface area contributed by atoms with Gasteiger partial charge in [-0.05, 0) is 36.6 Å². The van der Waals surface area contributed by atoms with Gasteiger partial charge in [0, 0.05) is 30.6 Å². The van der Waals surface area contributed by atoms with Crippen molar-refractivity contribution >= 4 is 0 Å². The van der Waals surface area contributed by atoms with Crippen LogP contribution in [0.3, 0.4) is 0 Å². The molecular formula is C18H27N3. The van der Waals surface area contributed by atoms with Gasteiger partial charge in [-0.1, -0.05) is 39.0 Å². The van der Waals surface area contributed by atoms with Crippen LogP contribution in [-0.2, 0) is 12.5 Å². The fraction of sp³-hybridized carbons (Fsp3) is 0.500. The maximum Gasteiger partial charge on any atom is 0.0681 e. The molecule has 0 spiro atoms. The molecule has 3 nitrogen and oxygen atoms in total. The van der Waals surface area contributed by atoms with Crippen molar-refractivity contribution in [3.05, 3.63) is 52.3 Å². The number of aromatic nitrogens is 2. The molecule has 1 aromatic heterocycles. The summed E-state index contributed by atoms with van der Waals surface area (Å²) in [5.41, 5.74) is 12.3. The van der Waals surface area contributed by atoms with Crippen molar-refractivity contribution in [1.82, 2.24) is 9.78 Å². The fourth-order valence-electron chi connectivity index (χ4n) is 2.58. The van der Waals surface area contributed by atoms with Crippen LogP contribution in [0.1, 0.15) is 54.8 Å². The zero-order chi connectivity index (χ0) is 15.8. The summed E-state index contributed by atoms with van der Waals surface area (Å²) in [4.78, 5) is 0. The molecule has 0 aliphatic rings. The van der Waals surface area contributed by atoms with Gasteiger partial charge in [0.1, 0.15) is 0 Å². The summed E-state index contributed by atoms with van der Waals surface area (Å²) >= 11 is 0. The zero-order valence-electron chi connectivity index (χ0n) is 14.1. The summed E-state index contributed by atoms with van der Waals surface area (Å²) in [5.74, 6) is 0.192. The second-order valence-electron chi connectivity index (χ2n) is 6.96. The minimum atomic E-state index is 0.0539. The molecule has 1 atom stereocenters. The van der Waals surface area contributed by atoms with Crippen LogP contribution >= 0.6 is 0 Å². The standard InChI is InChI=1S/C18H27N3/c1-12-7-8-14(9-13(12)2)15(11-19)16-10-17(18(3,4)5)20-21(16)6/h7-10,15H,11,19H2,1-6H3. The first kappa shape index (κ1) is 15.8. The fourth-order valence-corrected chi connectivity index (χ4v) is 2.58. The van der Waals surface area contributed by atoms with E-state index in [1.54, 1.807) is 0 Å². The molecular weight excluding hydrogens is 258 g/mol. The summed E-state index contributed by atoms with van der Waals surface area (Å²) < 4.78 is 1.98. The Labute approximate surface area is 128 Å². The van der Waals surface area contributed by atoms with Gasteiger partial charge >= 0.3 is 0 Å². The Morgan fingerprint density at radius 2 is 1.81 bits per heavy atom. The monoisotopic (exact) mass is 285 g/mol. The Bertz CT molecular complexity index is 632. The van der Waals surface area contributed by atoms with Gasteiger partial charge in [-0.25, -0.2) is 0 Å². The first-order valence-electron chi connectivity index (χ1n) is 7.55. The number of benzene rings is 1. The molecule has 114 valence electrons. The third-order valence-corrected chi connectivity index (χ3v) is 4.21. The highest BCUT2D eigenvalue weighted by molar-refractivity contribution is 5.37. The van der Waals surface area contributed by atoms with Gasteiger partial charge in [0.15, 0.2) is 0 Å². The van der Waals surface area contributed by atoms with E-state index in [4.69, 9.17) is 5.73 Å². The van der Waals surface area contributed by atoms with E-state index in [1.165, 1.54) is 22.4 Å². The van der Waals surface area contributed by atoms with Crippen molar-refractivity contribution in [1.29, 1.82) is 0 Å². The third-order valence-electron chi connectivity index (χ3n) is 4.21. The van der Waals surface area contributed by atoms with Gasteiger partial charge in [-0.2, -0.15) is 5.10 Å². The quantitative estimate of drug-likeness (QED) is 0.939. The smallest absolute Gasteiger partial charge is 0.0681 e. The van der Waals surface area contributed by atoms with Crippen molar-refractivity contribution in [2.75, 3.05) is 6.54 Å². The van der Waals surface area contributed by atoms with Crippen molar-refractivity contribution in [2.45, 2.75) is 46.0 Å². The highest BCUT2D eigenvalue weighted by Gasteiger charge is 2.23. The highest BCUT2D eigenvalue weighted by Crippen LogP contribution is 2.29. The van der Waals surface area contributed by atoms with Gasteiger partial charge in [-0.15, -0.1) is 0 Å². The maximum atomic E-state index is 6.07. The number of rotatable bonds is 3. The van der Waals surface area contributed by atoms with Crippen molar-refractivity contribution in [3.8, 4) is 0 Å². The van der Waals surface area contributed by atoms with E-state index in [-0.39, 0.29) is 11.3 Å². The Morgan fingerprint density at radius 3 is 2.29 bits per heavy atom. The average molecular weight is 285 g/mol. The molecule has 0 fully saturated rings. The number of aryl methyl sites for hydroxylation is 3. The molecule has 1 aromatic carbocycles. The molecule has 1 unspecified atom stereocenters. The topological polar surface area (TPSA) is 43.8 Å². The SMILES string of the molecule is Cc1ccc(C(CN)c2cc(C(C)(C)C)nn2C)cc1C. The molecule has 0 saturated heterocycles. The molecule has 0 radical (unpaired) electrons. The van der Waals surface area contributed by atoms with E-state index < -0.39 is 0 Å². The van der Waals surface area contributed by atoms with E-state index in [0.717, 1.165) is 5.69 Å². The van der Waals surface area contributed by atoms with Gasteiger partial charge in [-0.3, -0.25) is 4.68 Å². The zero-order valence-corrected chi connectivity index (χ0v) is 14.1. The van der Waals surface area contributed by atoms with E-state index in [9.17, 15) is 0 Å². The number of nitrogens with zero attached hydrogens (tertiary/aromatic N) is 2. The van der Waals surface area contributed by atoms with E-state index >= 15 is 0 Å². The molecule has 2 aromatic rings. The number of hydrogen-bond acceptors (Lipinski definition) is 2. The van der Waals surface area contributed by atoms with Gasteiger partial charge in [0.05, 0.1) is 5.69 Å². The lowest BCUT2D eigenvalue weighted by molar-refractivity contribution is 0.550. The molecule has 2 rings (SSSR count). The van der Waals surface area contributed by atoms with E-state index in [2.05, 4.69) is 64.0 Å². The molecule has 3 heteroatoms. The molecule has 21 heavy (non-hydrogen) atoms. The van der Waals surface area contributed by atoms with Crippen molar-refractivity contribution < 1.29 is 0 Å². The molecule has 1 heterocycles. The lowest BCUT2D eigenvalue weighted by atomic mass is 9.89. The van der Waals surface area contributed by atoms with Crippen LogP contribution in [-0.4, -0.2) is 16.3 Å². The second-order valence-corrected chi connectivity index (χ2v) is 6.96. The molecule has 0 bridgehead atoms. The Balaban J connectivity index is 2.46. The van der Waals surface area contributed by atoms with Crippen LogP contribution in [0, 0.1) is 13.8 Å². The second kappa shape index (κ2) is 5.64. The molecule has 0 aliphatic heterocycles. The molecule has 0 aliphatic carbocycles. The maximum absolute atomic E-state index is 6.07. The van der Waals surface area contributed by atoms with Crippen LogP contribution in [0.25, 0.3) is 0 Å². The Kier molecular flexibility index (Phi) is 4.24. The molecule has 0 amide bonds. The third kappa shape index (κ3) is 3.18. The predicted octanol–water partition coefficient (Wildman–Crippen LogP) is 3.43. The number of hydrogen-bond donors (Lipinski definition) is 1. The van der Waals surface area contributed by atoms with Gasteiger partial charge in [0.2, 0.25) is 0 Å². The lowest BCUT2D eigenvalue weighted by Crippen LogP contribution is -2.17. The lowest BCUT2D eigenvalue weighted by Gasteiger charge is -2.17. The Morgan fingerprint density at radius 1 is 1.14 bits per heavy atom. The first-order chi connectivity index (χ1) is 9.74. The minimum absolute atomic E-state index is 0.0539. The van der Waals surface area contributed by atoms with Gasteiger partial charge < -0.3 is 5.73 Å². The summed E-state index contributed by atoms with van der Waals surface area (Å²) in [6, 6.07) is 8.81. The minimum Gasteiger partial charge on any atom is -0.329 e. The average Bonchev–Trinajstić information content (AvgIpc) is 2.77. The van der Waals surface area contributed by atoms with Crippen molar-refractivity contribution in [3.63, 3.8) is 0 Å². The largest absolute Gasteiger partial charge is 0.329 e. The van der Waals surface area contributed by atoms with E-state index in [1.807, 2.05) is 11.7 Å². The van der Waals surface area contributed by atoms with Crippen LogP contribution in [0.4, 0.5) is 0 Å². The predicted molar refractivity (Wildman–Crippen MR) is 88.7 cm³/mol. The summed E-state index contributed by atoms with van der Waals surface area (Å²) in [7, 11) is 2.01. The normalized spacial score (nSPS) is 13.5. The number of nitrogens with two attached hydrogens (primary N) is 1. The molecule has 2 N–H and O–H groups in total. The summed E-state index contributed by atoms with van der Waals surface area (Å²) in [6.45, 7) is 11.4. The van der Waals surface area contributed by atoms with Crippen LogP contribution < -0.4 is 5.73 Å². The summed E-state index contributed by atoms with van der Waals surface area (Å²) in [6.07, 6.45) is 0. The van der Waals surface area contributed by atoms with Crippen LogP contribution in [0.15, 0.2) is 24.3 Å². The summed E-state index contributed by atoms with van der Waals surface area (Å²) in [5, 5.41) is 4.68. The first-order valence-corrected chi connectivity index (χ1v) is 7.55.